The molecule has 0 aliphatic carbocycles. The van der Waals surface area contributed by atoms with Gasteiger partial charge in [-0.05, 0) is 12.1 Å². The average molecular weight is 220 g/mol. The molecule has 16 heavy (non-hydrogen) atoms. The van der Waals surface area contributed by atoms with Crippen LogP contribution in [0.5, 0.6) is 11.5 Å². The molecule has 0 saturated heterocycles. The molecule has 5 nitrogen and oxygen atoms in total. The maximum Gasteiger partial charge on any atom is 0.253 e. The molecule has 2 aromatic rings. The highest BCUT2D eigenvalue weighted by atomic mass is 16.5. The fourth-order valence-electron chi connectivity index (χ4n) is 1.27. The fourth-order valence-corrected chi connectivity index (χ4v) is 1.27. The van der Waals surface area contributed by atoms with Crippen molar-refractivity contribution in [1.29, 1.82) is 0 Å². The summed E-state index contributed by atoms with van der Waals surface area (Å²) in [7, 11) is 1.60. The lowest BCUT2D eigenvalue weighted by Crippen LogP contribution is -1.97. The van der Waals surface area contributed by atoms with Crippen LogP contribution in [0.2, 0.25) is 0 Å². The number of rotatable bonds is 4. The Morgan fingerprint density at radius 1 is 1.19 bits per heavy atom. The number of methoxy groups -OCH3 is 1. The van der Waals surface area contributed by atoms with Crippen molar-refractivity contribution in [2.45, 2.75) is 13.5 Å². The number of aromatic nitrogens is 2. The first-order valence-corrected chi connectivity index (χ1v) is 4.84. The normalized spacial score (nSPS) is 10.1. The molecule has 1 heterocycles. The second-order valence-corrected chi connectivity index (χ2v) is 3.15. The maximum absolute atomic E-state index is 5.51. The lowest BCUT2D eigenvalue weighted by molar-refractivity contribution is 0.248. The van der Waals surface area contributed by atoms with E-state index in [0.717, 1.165) is 0 Å². The average Bonchev–Trinajstić information content (AvgIpc) is 2.73. The summed E-state index contributed by atoms with van der Waals surface area (Å²) in [6.07, 6.45) is 0. The largest absolute Gasteiger partial charge is 0.493 e. The van der Waals surface area contributed by atoms with Gasteiger partial charge in [-0.15, -0.1) is 10.2 Å². The Labute approximate surface area is 93.0 Å². The topological polar surface area (TPSA) is 57.4 Å². The van der Waals surface area contributed by atoms with E-state index in [0.29, 0.717) is 23.3 Å². The van der Waals surface area contributed by atoms with Crippen molar-refractivity contribution in [3.63, 3.8) is 0 Å². The van der Waals surface area contributed by atoms with Crippen LogP contribution in [0.4, 0.5) is 0 Å². The number of para-hydroxylation sites is 2. The van der Waals surface area contributed by atoms with E-state index in [1.807, 2.05) is 24.3 Å². The van der Waals surface area contributed by atoms with Crippen LogP contribution in [-0.4, -0.2) is 17.3 Å². The predicted octanol–water partition coefficient (Wildman–Crippen LogP) is 1.97. The molecule has 84 valence electrons. The summed E-state index contributed by atoms with van der Waals surface area (Å²) in [5.41, 5.74) is 0. The molecule has 0 fully saturated rings. The molecule has 0 spiro atoms. The second-order valence-electron chi connectivity index (χ2n) is 3.15. The van der Waals surface area contributed by atoms with Gasteiger partial charge in [0.15, 0.2) is 18.1 Å². The number of hydrogen-bond donors (Lipinski definition) is 0. The molecule has 0 aliphatic rings. The molecule has 0 unspecified atom stereocenters. The molecule has 1 aromatic heterocycles. The summed E-state index contributed by atoms with van der Waals surface area (Å²) in [6, 6.07) is 7.40. The Hall–Kier alpha value is -2.04. The molecule has 0 radical (unpaired) electrons. The molecule has 0 saturated carbocycles. The summed E-state index contributed by atoms with van der Waals surface area (Å²) in [4.78, 5) is 0. The first kappa shape index (κ1) is 10.5. The van der Waals surface area contributed by atoms with Crippen LogP contribution in [0.3, 0.4) is 0 Å². The number of aryl methyl sites for hydroxylation is 1. The first-order valence-electron chi connectivity index (χ1n) is 4.84. The van der Waals surface area contributed by atoms with Crippen LogP contribution in [0.15, 0.2) is 28.7 Å². The minimum Gasteiger partial charge on any atom is -0.493 e. The zero-order chi connectivity index (χ0) is 11.4. The lowest BCUT2D eigenvalue weighted by atomic mass is 10.3. The standard InChI is InChI=1S/C11H12N2O3/c1-8-12-13-11(16-8)7-15-10-6-4-3-5-9(10)14-2/h3-6H,7H2,1-2H3. The van der Waals surface area contributed by atoms with Crippen molar-refractivity contribution in [2.24, 2.45) is 0 Å². The molecule has 0 bridgehead atoms. The molecule has 5 heteroatoms. The summed E-state index contributed by atoms with van der Waals surface area (Å²) in [6.45, 7) is 1.97. The van der Waals surface area contributed by atoms with Crippen LogP contribution in [0.1, 0.15) is 11.8 Å². The zero-order valence-electron chi connectivity index (χ0n) is 9.14. The highest BCUT2D eigenvalue weighted by molar-refractivity contribution is 5.39. The van der Waals surface area contributed by atoms with Gasteiger partial charge in [0.2, 0.25) is 5.89 Å². The summed E-state index contributed by atoms with van der Waals surface area (Å²) >= 11 is 0. The van der Waals surface area contributed by atoms with E-state index in [9.17, 15) is 0 Å². The quantitative estimate of drug-likeness (QED) is 0.788. The van der Waals surface area contributed by atoms with E-state index in [2.05, 4.69) is 10.2 Å². The number of ether oxygens (including phenoxy) is 2. The van der Waals surface area contributed by atoms with Gasteiger partial charge in [-0.25, -0.2) is 0 Å². The van der Waals surface area contributed by atoms with Crippen molar-refractivity contribution in [1.82, 2.24) is 10.2 Å². The Morgan fingerprint density at radius 3 is 2.56 bits per heavy atom. The molecule has 0 amide bonds. The van der Waals surface area contributed by atoms with E-state index in [4.69, 9.17) is 13.9 Å². The van der Waals surface area contributed by atoms with E-state index >= 15 is 0 Å². The highest BCUT2D eigenvalue weighted by Crippen LogP contribution is 2.26. The van der Waals surface area contributed by atoms with Gasteiger partial charge < -0.3 is 13.9 Å². The van der Waals surface area contributed by atoms with E-state index in [1.165, 1.54) is 0 Å². The first-order chi connectivity index (χ1) is 7.79. The Morgan fingerprint density at radius 2 is 1.94 bits per heavy atom. The van der Waals surface area contributed by atoms with Gasteiger partial charge in [-0.1, -0.05) is 12.1 Å². The van der Waals surface area contributed by atoms with Crippen LogP contribution >= 0.6 is 0 Å². The highest BCUT2D eigenvalue weighted by Gasteiger charge is 2.06. The number of hydrogen-bond acceptors (Lipinski definition) is 5. The summed E-state index contributed by atoms with van der Waals surface area (Å²) in [5.74, 6) is 2.31. The third-order valence-electron chi connectivity index (χ3n) is 1.99. The molecular weight excluding hydrogens is 208 g/mol. The number of nitrogens with zero attached hydrogens (tertiary/aromatic N) is 2. The Balaban J connectivity index is 2.04. The Bertz CT molecular complexity index is 468. The molecule has 0 atom stereocenters. The second kappa shape index (κ2) is 4.65. The van der Waals surface area contributed by atoms with Crippen molar-refractivity contribution in [3.05, 3.63) is 36.0 Å². The van der Waals surface area contributed by atoms with Crippen LogP contribution in [0.25, 0.3) is 0 Å². The minimum atomic E-state index is 0.237. The van der Waals surface area contributed by atoms with Crippen molar-refractivity contribution in [2.75, 3.05) is 7.11 Å². The molecule has 0 N–H and O–H groups in total. The van der Waals surface area contributed by atoms with Crippen molar-refractivity contribution >= 4 is 0 Å². The van der Waals surface area contributed by atoms with Crippen LogP contribution < -0.4 is 9.47 Å². The van der Waals surface area contributed by atoms with E-state index in [-0.39, 0.29) is 6.61 Å². The zero-order valence-corrected chi connectivity index (χ0v) is 9.14. The van der Waals surface area contributed by atoms with Crippen LogP contribution in [-0.2, 0) is 6.61 Å². The fraction of sp³-hybridized carbons (Fsp3) is 0.273. The molecule has 2 rings (SSSR count). The van der Waals surface area contributed by atoms with Gasteiger partial charge in [0.25, 0.3) is 5.89 Å². The molecule has 0 aliphatic heterocycles. The van der Waals surface area contributed by atoms with Gasteiger partial charge in [-0.2, -0.15) is 0 Å². The third-order valence-corrected chi connectivity index (χ3v) is 1.99. The van der Waals surface area contributed by atoms with E-state index < -0.39 is 0 Å². The van der Waals surface area contributed by atoms with Gasteiger partial charge in [0, 0.05) is 6.92 Å². The van der Waals surface area contributed by atoms with Crippen LogP contribution in [0, 0.1) is 6.92 Å². The van der Waals surface area contributed by atoms with E-state index in [1.54, 1.807) is 14.0 Å². The van der Waals surface area contributed by atoms with Crippen molar-refractivity contribution in [3.8, 4) is 11.5 Å². The summed E-state index contributed by atoms with van der Waals surface area (Å²) < 4.78 is 15.8. The third kappa shape index (κ3) is 2.31. The summed E-state index contributed by atoms with van der Waals surface area (Å²) in [5, 5.41) is 7.55. The van der Waals surface area contributed by atoms with Crippen molar-refractivity contribution < 1.29 is 13.9 Å². The van der Waals surface area contributed by atoms with Gasteiger partial charge >= 0.3 is 0 Å². The van der Waals surface area contributed by atoms with Gasteiger partial charge in [-0.3, -0.25) is 0 Å². The molecule has 1 aromatic carbocycles. The molecular formula is C11H12N2O3. The lowest BCUT2D eigenvalue weighted by Gasteiger charge is -2.07. The maximum atomic E-state index is 5.51. The Kier molecular flexibility index (Phi) is 3.05. The smallest absolute Gasteiger partial charge is 0.253 e. The van der Waals surface area contributed by atoms with Gasteiger partial charge in [0.05, 0.1) is 7.11 Å². The SMILES string of the molecule is COc1ccccc1OCc1nnc(C)o1. The van der Waals surface area contributed by atoms with Gasteiger partial charge in [0.1, 0.15) is 0 Å². The number of benzene rings is 1. The predicted molar refractivity (Wildman–Crippen MR) is 56.4 cm³/mol. The minimum absolute atomic E-state index is 0.237. The monoisotopic (exact) mass is 220 g/mol.